The van der Waals surface area contributed by atoms with Gasteiger partial charge in [-0.25, -0.2) is 33.1 Å². The molecule has 230 valence electrons. The summed E-state index contributed by atoms with van der Waals surface area (Å²) in [6.07, 6.45) is 2.72. The summed E-state index contributed by atoms with van der Waals surface area (Å²) in [5, 5.41) is 0.233. The number of nitrogen functional groups attached to an aromatic ring is 1. The van der Waals surface area contributed by atoms with Gasteiger partial charge in [0.2, 0.25) is 5.91 Å². The van der Waals surface area contributed by atoms with E-state index in [0.717, 1.165) is 0 Å². The van der Waals surface area contributed by atoms with E-state index in [1.54, 1.807) is 4.90 Å². The van der Waals surface area contributed by atoms with Crippen LogP contribution in [-0.2, 0) is 4.79 Å². The number of rotatable bonds is 6. The van der Waals surface area contributed by atoms with Crippen LogP contribution in [0.15, 0.2) is 48.0 Å². The normalized spacial score (nSPS) is 17.1. The van der Waals surface area contributed by atoms with Gasteiger partial charge in [-0.05, 0) is 50.0 Å². The first kappa shape index (κ1) is 30.7. The van der Waals surface area contributed by atoms with E-state index in [4.69, 9.17) is 5.73 Å². The van der Waals surface area contributed by atoms with E-state index in [0.29, 0.717) is 30.2 Å². The smallest absolute Gasteiger partial charge is 0.355 e. The van der Waals surface area contributed by atoms with Crippen LogP contribution in [0.3, 0.4) is 0 Å². The van der Waals surface area contributed by atoms with Gasteiger partial charge in [-0.3, -0.25) is 4.79 Å². The van der Waals surface area contributed by atoms with Crippen LogP contribution in [0.25, 0.3) is 28.0 Å². The zero-order valence-electron chi connectivity index (χ0n) is 25.7. The molecule has 0 bridgehead atoms. The Morgan fingerprint density at radius 2 is 1.68 bits per heavy atom. The summed E-state index contributed by atoms with van der Waals surface area (Å²) in [5.41, 5.74) is 6.51. The second-order valence-electron chi connectivity index (χ2n) is 11.8. The third kappa shape index (κ3) is 5.18. The molecule has 1 fully saturated rings. The molecule has 0 spiro atoms. The van der Waals surface area contributed by atoms with E-state index in [2.05, 4.69) is 26.5 Å². The molecule has 2 unspecified atom stereocenters. The van der Waals surface area contributed by atoms with Gasteiger partial charge in [0.05, 0.1) is 28.0 Å². The lowest BCUT2D eigenvalue weighted by Gasteiger charge is -2.44. The Balaban J connectivity index is 1.88. The van der Waals surface area contributed by atoms with Crippen molar-refractivity contribution in [3.8, 4) is 16.9 Å². The van der Waals surface area contributed by atoms with E-state index >= 15 is 8.78 Å². The van der Waals surface area contributed by atoms with E-state index < -0.39 is 17.3 Å². The summed E-state index contributed by atoms with van der Waals surface area (Å²) in [4.78, 5) is 48.4. The van der Waals surface area contributed by atoms with Crippen molar-refractivity contribution in [3.05, 3.63) is 76.8 Å². The lowest BCUT2D eigenvalue weighted by Crippen LogP contribution is -2.58. The highest BCUT2D eigenvalue weighted by molar-refractivity contribution is 5.92. The molecule has 2 N–H and O–H groups in total. The zero-order chi connectivity index (χ0) is 32.0. The maximum atomic E-state index is 16.0. The van der Waals surface area contributed by atoms with Crippen molar-refractivity contribution >= 4 is 28.4 Å². The van der Waals surface area contributed by atoms with E-state index in [1.165, 1.54) is 41.2 Å². The number of fused-ring (bicyclic) bond motifs is 1. The average Bonchev–Trinajstić information content (AvgIpc) is 2.97. The molecular weight excluding hydrogens is 566 g/mol. The Morgan fingerprint density at radius 1 is 1.02 bits per heavy atom. The highest BCUT2D eigenvalue weighted by Crippen LogP contribution is 2.36. The largest absolute Gasteiger partial charge is 0.398 e. The Hall–Kier alpha value is -4.74. The van der Waals surface area contributed by atoms with Crippen LogP contribution in [0.1, 0.15) is 64.8 Å². The highest BCUT2D eigenvalue weighted by Gasteiger charge is 2.34. The molecular formula is C32H36F2N8O2. The number of nitrogens with two attached hydrogens (primary N) is 1. The van der Waals surface area contributed by atoms with Crippen molar-refractivity contribution in [2.24, 2.45) is 0 Å². The third-order valence-electron chi connectivity index (χ3n) is 8.00. The molecule has 10 nitrogen and oxygen atoms in total. The van der Waals surface area contributed by atoms with Crippen LogP contribution in [0.2, 0.25) is 0 Å². The SMILES string of the molecule is C=CC(=O)N1CC(C)N(c2nc(=O)n(-c3c(C(C)C)ncnc3C(C)C)c3nc(-c4c(N)cccc4F)c(F)cc23)CC1C. The maximum absolute atomic E-state index is 16.0. The topological polar surface area (TPSA) is 123 Å². The van der Waals surface area contributed by atoms with Gasteiger partial charge < -0.3 is 15.5 Å². The molecule has 12 heteroatoms. The number of halogens is 2. The van der Waals surface area contributed by atoms with Crippen LogP contribution in [0.4, 0.5) is 20.3 Å². The van der Waals surface area contributed by atoms with Gasteiger partial charge in [-0.15, -0.1) is 0 Å². The van der Waals surface area contributed by atoms with Crippen LogP contribution in [-0.4, -0.2) is 60.5 Å². The van der Waals surface area contributed by atoms with Crippen molar-refractivity contribution in [2.45, 2.75) is 65.5 Å². The van der Waals surface area contributed by atoms with Crippen molar-refractivity contribution in [1.29, 1.82) is 0 Å². The Morgan fingerprint density at radius 3 is 2.27 bits per heavy atom. The predicted molar refractivity (Wildman–Crippen MR) is 167 cm³/mol. The lowest BCUT2D eigenvalue weighted by atomic mass is 10.0. The molecule has 44 heavy (non-hydrogen) atoms. The van der Waals surface area contributed by atoms with Crippen LogP contribution in [0.5, 0.6) is 0 Å². The third-order valence-corrected chi connectivity index (χ3v) is 8.00. The molecule has 1 aliphatic heterocycles. The summed E-state index contributed by atoms with van der Waals surface area (Å²) in [6, 6.07) is 4.73. The summed E-state index contributed by atoms with van der Waals surface area (Å²) < 4.78 is 32.5. The summed E-state index contributed by atoms with van der Waals surface area (Å²) in [5.74, 6) is -1.82. The maximum Gasteiger partial charge on any atom is 0.355 e. The Bertz CT molecular complexity index is 1790. The number of nitrogens with zero attached hydrogens (tertiary/aromatic N) is 7. The second-order valence-corrected chi connectivity index (χ2v) is 11.8. The fourth-order valence-corrected chi connectivity index (χ4v) is 5.82. The number of hydrogen-bond acceptors (Lipinski definition) is 8. The average molecular weight is 603 g/mol. The first-order chi connectivity index (χ1) is 20.8. The minimum atomic E-state index is -0.832. The van der Waals surface area contributed by atoms with Gasteiger partial charge >= 0.3 is 5.69 Å². The van der Waals surface area contributed by atoms with Crippen LogP contribution < -0.4 is 16.3 Å². The van der Waals surface area contributed by atoms with Crippen molar-refractivity contribution in [2.75, 3.05) is 23.7 Å². The van der Waals surface area contributed by atoms with Gasteiger partial charge in [0, 0.05) is 30.9 Å². The molecule has 2 atom stereocenters. The number of benzene rings is 1. The Labute approximate surface area is 254 Å². The number of piperazine rings is 1. The number of hydrogen-bond donors (Lipinski definition) is 1. The fraction of sp³-hybridized carbons (Fsp3) is 0.375. The number of anilines is 2. The van der Waals surface area contributed by atoms with Gasteiger partial charge in [0.1, 0.15) is 23.7 Å². The molecule has 4 heterocycles. The fourth-order valence-electron chi connectivity index (χ4n) is 5.82. The molecule has 0 saturated carbocycles. The zero-order valence-corrected chi connectivity index (χ0v) is 25.7. The molecule has 0 radical (unpaired) electrons. The number of amides is 1. The van der Waals surface area contributed by atoms with Crippen LogP contribution >= 0.6 is 0 Å². The standard InChI is InChI=1S/C32H36F2N8O2/c1-8-24(43)40-13-19(7)41(14-18(40)6)30-20-12-22(34)28(25-21(33)10-9-11-23(25)35)38-31(20)42(32(44)39-30)29-26(16(2)3)36-15-37-27(29)17(4)5/h8-12,15-19H,1,13-14,35H2,2-7H3. The van der Waals surface area contributed by atoms with E-state index in [9.17, 15) is 9.59 Å². The van der Waals surface area contributed by atoms with E-state index in [1.807, 2.05) is 46.4 Å². The minimum absolute atomic E-state index is 0.00170. The molecule has 4 aromatic rings. The lowest BCUT2D eigenvalue weighted by molar-refractivity contribution is -0.128. The van der Waals surface area contributed by atoms with Crippen LogP contribution in [0, 0.1) is 11.6 Å². The first-order valence-electron chi connectivity index (χ1n) is 14.6. The van der Waals surface area contributed by atoms with Gasteiger partial charge in [-0.2, -0.15) is 4.98 Å². The summed E-state index contributed by atoms with van der Waals surface area (Å²) in [7, 11) is 0. The van der Waals surface area contributed by atoms with Gasteiger partial charge in [0.25, 0.3) is 0 Å². The van der Waals surface area contributed by atoms with Gasteiger partial charge in [-0.1, -0.05) is 40.3 Å². The van der Waals surface area contributed by atoms with E-state index in [-0.39, 0.29) is 63.6 Å². The Kier molecular flexibility index (Phi) is 8.19. The number of pyridine rings is 1. The summed E-state index contributed by atoms with van der Waals surface area (Å²) in [6.45, 7) is 15.8. The number of aromatic nitrogens is 5. The highest BCUT2D eigenvalue weighted by atomic mass is 19.1. The van der Waals surface area contributed by atoms with Crippen molar-refractivity contribution in [3.63, 3.8) is 0 Å². The molecule has 1 amide bonds. The number of carbonyl (C=O) groups excluding carboxylic acids is 1. The predicted octanol–water partition coefficient (Wildman–Crippen LogP) is 4.96. The molecule has 3 aromatic heterocycles. The quantitative estimate of drug-likeness (QED) is 0.243. The van der Waals surface area contributed by atoms with Crippen molar-refractivity contribution in [1.82, 2.24) is 29.4 Å². The first-order valence-corrected chi connectivity index (χ1v) is 14.6. The molecule has 1 aromatic carbocycles. The monoisotopic (exact) mass is 602 g/mol. The summed E-state index contributed by atoms with van der Waals surface area (Å²) >= 11 is 0. The number of carbonyl (C=O) groups is 1. The molecule has 1 saturated heterocycles. The second kappa shape index (κ2) is 11.7. The molecule has 1 aliphatic rings. The minimum Gasteiger partial charge on any atom is -0.398 e. The van der Waals surface area contributed by atoms with Gasteiger partial charge in [0.15, 0.2) is 11.5 Å². The molecule has 0 aliphatic carbocycles. The molecule has 5 rings (SSSR count). The van der Waals surface area contributed by atoms with Crippen molar-refractivity contribution < 1.29 is 13.6 Å².